The Labute approximate surface area is 220 Å². The summed E-state index contributed by atoms with van der Waals surface area (Å²) in [4.78, 5) is 25.4. The minimum Gasteiger partial charge on any atom is -0.434 e. The smallest absolute Gasteiger partial charge is 0.434 e. The van der Waals surface area contributed by atoms with E-state index < -0.39 is 12.3 Å². The summed E-state index contributed by atoms with van der Waals surface area (Å²) >= 11 is 0. The van der Waals surface area contributed by atoms with Crippen LogP contribution >= 0.6 is 0 Å². The molecular weight excluding hydrogens is 468 g/mol. The van der Waals surface area contributed by atoms with E-state index in [1.54, 1.807) is 0 Å². The molecule has 3 aromatic rings. The molecule has 0 unspecified atom stereocenters. The fourth-order valence-corrected chi connectivity index (χ4v) is 4.50. The van der Waals surface area contributed by atoms with Crippen molar-refractivity contribution in [3.63, 3.8) is 0 Å². The molecule has 0 spiro atoms. The van der Waals surface area contributed by atoms with Crippen molar-refractivity contribution >= 4 is 33.9 Å². The zero-order chi connectivity index (χ0) is 26.5. The van der Waals surface area contributed by atoms with Crippen LogP contribution in [0.1, 0.15) is 84.1 Å². The van der Waals surface area contributed by atoms with E-state index >= 15 is 0 Å². The van der Waals surface area contributed by atoms with E-state index in [9.17, 15) is 9.59 Å². The van der Waals surface area contributed by atoms with Gasteiger partial charge in [-0.05, 0) is 24.8 Å². The molecule has 0 saturated carbocycles. The molecule has 6 nitrogen and oxygen atoms in total. The molecule has 0 aromatic heterocycles. The Balaban J connectivity index is 1.96. The van der Waals surface area contributed by atoms with Crippen molar-refractivity contribution in [2.45, 2.75) is 85.0 Å². The Morgan fingerprint density at radius 2 is 1.14 bits per heavy atom. The molecule has 0 heterocycles. The van der Waals surface area contributed by atoms with Gasteiger partial charge in [0.15, 0.2) is 5.75 Å². The predicted molar refractivity (Wildman–Crippen MR) is 148 cm³/mol. The van der Waals surface area contributed by atoms with Gasteiger partial charge in [0.1, 0.15) is 5.75 Å². The first-order chi connectivity index (χ1) is 18.1. The third-order valence-corrected chi connectivity index (χ3v) is 6.36. The lowest BCUT2D eigenvalue weighted by Crippen LogP contribution is -2.14. The molecule has 0 radical (unpaired) electrons. The number of carbonyl (C=O) groups excluding carboxylic acids is 2. The summed E-state index contributed by atoms with van der Waals surface area (Å²) in [5, 5.41) is 2.78. The number of hydrogen-bond acceptors (Lipinski definition) is 6. The van der Waals surface area contributed by atoms with Crippen LogP contribution in [-0.4, -0.2) is 25.5 Å². The first kappa shape index (κ1) is 28.3. The van der Waals surface area contributed by atoms with Crippen LogP contribution in [0.4, 0.5) is 9.59 Å². The van der Waals surface area contributed by atoms with Crippen LogP contribution < -0.4 is 9.47 Å². The molecule has 0 aliphatic carbocycles. The van der Waals surface area contributed by atoms with Crippen LogP contribution in [-0.2, 0) is 15.9 Å². The highest BCUT2D eigenvalue weighted by molar-refractivity contribution is 6.13. The first-order valence-corrected chi connectivity index (χ1v) is 13.8. The maximum atomic E-state index is 12.7. The standard InChI is InChI=1S/C31H40O6/c1-4-7-9-13-21-34-30(32)36-28-24-18-11-12-19-25(24)29(37-31(33)35-22-14-10-8-5-2)27-23(16-6-3)17-15-20-26(27)28/h11-12,15,17-20H,4-10,13-14,16,21-22H2,1-3H3. The van der Waals surface area contributed by atoms with Gasteiger partial charge in [0.25, 0.3) is 0 Å². The molecule has 0 bridgehead atoms. The minimum atomic E-state index is -0.732. The lowest BCUT2D eigenvalue weighted by atomic mass is 9.95. The lowest BCUT2D eigenvalue weighted by Gasteiger charge is -2.18. The Hall–Kier alpha value is -3.28. The second-order valence-electron chi connectivity index (χ2n) is 9.32. The fourth-order valence-electron chi connectivity index (χ4n) is 4.50. The van der Waals surface area contributed by atoms with E-state index in [2.05, 4.69) is 20.8 Å². The molecule has 200 valence electrons. The molecule has 0 saturated heterocycles. The second-order valence-corrected chi connectivity index (χ2v) is 9.32. The Morgan fingerprint density at radius 3 is 1.70 bits per heavy atom. The normalized spacial score (nSPS) is 11.0. The summed E-state index contributed by atoms with van der Waals surface area (Å²) in [6, 6.07) is 13.3. The van der Waals surface area contributed by atoms with Gasteiger partial charge < -0.3 is 18.9 Å². The van der Waals surface area contributed by atoms with Crippen LogP contribution in [0.25, 0.3) is 21.5 Å². The largest absolute Gasteiger partial charge is 0.513 e. The highest BCUT2D eigenvalue weighted by Crippen LogP contribution is 2.44. The van der Waals surface area contributed by atoms with Crippen LogP contribution in [0.5, 0.6) is 11.5 Å². The zero-order valence-corrected chi connectivity index (χ0v) is 22.5. The third kappa shape index (κ3) is 7.85. The van der Waals surface area contributed by atoms with Crippen molar-refractivity contribution in [3.8, 4) is 11.5 Å². The molecule has 0 amide bonds. The van der Waals surface area contributed by atoms with Crippen LogP contribution in [0, 0.1) is 0 Å². The van der Waals surface area contributed by atoms with Crippen LogP contribution in [0.3, 0.4) is 0 Å². The molecular formula is C31H40O6. The van der Waals surface area contributed by atoms with Gasteiger partial charge >= 0.3 is 12.3 Å². The second kappa shape index (κ2) is 15.1. The lowest BCUT2D eigenvalue weighted by molar-refractivity contribution is 0.0965. The molecule has 0 N–H and O–H groups in total. The van der Waals surface area contributed by atoms with Gasteiger partial charge in [0, 0.05) is 21.5 Å². The van der Waals surface area contributed by atoms with Crippen molar-refractivity contribution in [2.24, 2.45) is 0 Å². The summed E-state index contributed by atoms with van der Waals surface area (Å²) in [5.74, 6) is 0.830. The molecule has 0 atom stereocenters. The summed E-state index contributed by atoms with van der Waals surface area (Å²) in [7, 11) is 0. The number of rotatable bonds is 14. The van der Waals surface area contributed by atoms with Crippen molar-refractivity contribution in [2.75, 3.05) is 13.2 Å². The average molecular weight is 509 g/mol. The molecule has 0 aliphatic rings. The van der Waals surface area contributed by atoms with E-state index in [0.29, 0.717) is 40.9 Å². The highest BCUT2D eigenvalue weighted by Gasteiger charge is 2.22. The van der Waals surface area contributed by atoms with E-state index in [1.165, 1.54) is 0 Å². The fraction of sp³-hybridized carbons (Fsp3) is 0.484. The van der Waals surface area contributed by atoms with Crippen molar-refractivity contribution in [1.82, 2.24) is 0 Å². The highest BCUT2D eigenvalue weighted by atomic mass is 16.7. The molecule has 3 aromatic carbocycles. The predicted octanol–water partition coefficient (Wildman–Crippen LogP) is 9.14. The Kier molecular flexibility index (Phi) is 11.5. The number of carbonyl (C=O) groups is 2. The van der Waals surface area contributed by atoms with Gasteiger partial charge in [-0.15, -0.1) is 0 Å². The number of unbranched alkanes of at least 4 members (excludes halogenated alkanes) is 6. The number of aryl methyl sites for hydroxylation is 1. The summed E-state index contributed by atoms with van der Waals surface area (Å²) in [6.07, 6.45) is 8.30. The van der Waals surface area contributed by atoms with Crippen LogP contribution in [0.2, 0.25) is 0 Å². The zero-order valence-electron chi connectivity index (χ0n) is 22.5. The quantitative estimate of drug-likeness (QED) is 0.0935. The number of fused-ring (bicyclic) bond motifs is 2. The molecule has 0 fully saturated rings. The molecule has 6 heteroatoms. The van der Waals surface area contributed by atoms with Gasteiger partial charge in [-0.2, -0.15) is 0 Å². The maximum Gasteiger partial charge on any atom is 0.513 e. The van der Waals surface area contributed by atoms with Gasteiger partial charge in [-0.3, -0.25) is 0 Å². The first-order valence-electron chi connectivity index (χ1n) is 13.8. The van der Waals surface area contributed by atoms with Crippen molar-refractivity contribution < 1.29 is 28.5 Å². The van der Waals surface area contributed by atoms with Crippen molar-refractivity contribution in [3.05, 3.63) is 48.0 Å². The number of benzene rings is 3. The summed E-state index contributed by atoms with van der Waals surface area (Å²) in [5.41, 5.74) is 1.01. The van der Waals surface area contributed by atoms with E-state index in [-0.39, 0.29) is 0 Å². The van der Waals surface area contributed by atoms with E-state index in [4.69, 9.17) is 18.9 Å². The number of hydrogen-bond donors (Lipinski definition) is 0. The molecule has 0 aliphatic heterocycles. The summed E-state index contributed by atoms with van der Waals surface area (Å²) in [6.45, 7) is 7.01. The Bertz CT molecular complexity index is 1170. The minimum absolute atomic E-state index is 0.321. The van der Waals surface area contributed by atoms with Gasteiger partial charge in [0.05, 0.1) is 13.2 Å². The molecule has 3 rings (SSSR count). The van der Waals surface area contributed by atoms with Crippen LogP contribution in [0.15, 0.2) is 42.5 Å². The third-order valence-electron chi connectivity index (χ3n) is 6.36. The average Bonchev–Trinajstić information content (AvgIpc) is 2.90. The van der Waals surface area contributed by atoms with Crippen molar-refractivity contribution in [1.29, 1.82) is 0 Å². The van der Waals surface area contributed by atoms with E-state index in [0.717, 1.165) is 75.2 Å². The van der Waals surface area contributed by atoms with Gasteiger partial charge in [0.2, 0.25) is 0 Å². The van der Waals surface area contributed by atoms with Gasteiger partial charge in [-0.25, -0.2) is 9.59 Å². The van der Waals surface area contributed by atoms with Gasteiger partial charge in [-0.1, -0.05) is 108 Å². The molecule has 37 heavy (non-hydrogen) atoms. The SMILES string of the molecule is CCCCCCOC(=O)Oc1c2ccccc2c(OC(=O)OCCCCCC)c2c(CCC)cccc12. The van der Waals surface area contributed by atoms with E-state index in [1.807, 2.05) is 42.5 Å². The monoisotopic (exact) mass is 508 g/mol. The topological polar surface area (TPSA) is 71.1 Å². The summed E-state index contributed by atoms with van der Waals surface area (Å²) < 4.78 is 22.4. The maximum absolute atomic E-state index is 12.7. The Morgan fingerprint density at radius 1 is 0.595 bits per heavy atom. The number of ether oxygens (including phenoxy) is 4.